The highest BCUT2D eigenvalue weighted by molar-refractivity contribution is 5.94. The number of amides is 1. The van der Waals surface area contributed by atoms with Crippen molar-refractivity contribution in [2.24, 2.45) is 17.8 Å². The molecule has 2 atom stereocenters. The molecular formula is C14H14F4N2O. The molecule has 2 N–H and O–H groups in total. The van der Waals surface area contributed by atoms with E-state index >= 15 is 0 Å². The van der Waals surface area contributed by atoms with Gasteiger partial charge in [0.1, 0.15) is 5.82 Å². The van der Waals surface area contributed by atoms with Gasteiger partial charge in [-0.1, -0.05) is 0 Å². The van der Waals surface area contributed by atoms with Gasteiger partial charge in [0.2, 0.25) is 0 Å². The summed E-state index contributed by atoms with van der Waals surface area (Å²) >= 11 is 0. The van der Waals surface area contributed by atoms with Crippen molar-refractivity contribution in [3.05, 3.63) is 35.1 Å². The molecule has 1 aliphatic heterocycles. The summed E-state index contributed by atoms with van der Waals surface area (Å²) in [5.74, 6) is -0.265. The minimum Gasteiger partial charge on any atom is -0.352 e. The Labute approximate surface area is 118 Å². The van der Waals surface area contributed by atoms with Crippen LogP contribution in [0.2, 0.25) is 0 Å². The molecule has 2 fully saturated rings. The number of carbonyl (C=O) groups is 1. The molecule has 3 rings (SSSR count). The first kappa shape index (κ1) is 14.3. The first-order valence-corrected chi connectivity index (χ1v) is 6.73. The van der Waals surface area contributed by atoms with Gasteiger partial charge >= 0.3 is 6.18 Å². The summed E-state index contributed by atoms with van der Waals surface area (Å²) in [7, 11) is 0. The standard InChI is InChI=1S/C14H14F4N2O/c15-9-2-7(1-8(3-9)14(16,17)18)13(21)20-6-12-10-4-19-5-11(10)12/h1-3,10-12,19H,4-6H2,(H,20,21). The molecule has 0 bridgehead atoms. The lowest BCUT2D eigenvalue weighted by Crippen LogP contribution is -2.29. The van der Waals surface area contributed by atoms with Crippen molar-refractivity contribution >= 4 is 5.91 Å². The molecule has 1 amide bonds. The summed E-state index contributed by atoms with van der Waals surface area (Å²) in [6, 6.07) is 1.88. The van der Waals surface area contributed by atoms with Crippen LogP contribution in [0.25, 0.3) is 0 Å². The normalized spacial score (nSPS) is 27.3. The van der Waals surface area contributed by atoms with Crippen molar-refractivity contribution in [3.8, 4) is 0 Å². The number of hydrogen-bond donors (Lipinski definition) is 2. The second kappa shape index (κ2) is 4.98. The maximum Gasteiger partial charge on any atom is 0.416 e. The summed E-state index contributed by atoms with van der Waals surface area (Å²) in [6.07, 6.45) is -4.67. The molecule has 1 aliphatic carbocycles. The van der Waals surface area contributed by atoms with Crippen LogP contribution >= 0.6 is 0 Å². The first-order chi connectivity index (χ1) is 9.86. The molecule has 1 saturated carbocycles. The molecule has 0 radical (unpaired) electrons. The van der Waals surface area contributed by atoms with Crippen LogP contribution in [0.1, 0.15) is 15.9 Å². The molecule has 3 nitrogen and oxygen atoms in total. The Morgan fingerprint density at radius 1 is 1.24 bits per heavy atom. The van der Waals surface area contributed by atoms with Gasteiger partial charge in [0.25, 0.3) is 5.91 Å². The van der Waals surface area contributed by atoms with E-state index in [0.29, 0.717) is 36.4 Å². The molecule has 1 saturated heterocycles. The zero-order valence-electron chi connectivity index (χ0n) is 11.0. The molecule has 1 aromatic rings. The fraction of sp³-hybridized carbons (Fsp3) is 0.500. The molecule has 2 unspecified atom stereocenters. The smallest absolute Gasteiger partial charge is 0.352 e. The Morgan fingerprint density at radius 2 is 1.90 bits per heavy atom. The van der Waals surface area contributed by atoms with Gasteiger partial charge in [-0.3, -0.25) is 4.79 Å². The van der Waals surface area contributed by atoms with Gasteiger partial charge in [-0.15, -0.1) is 0 Å². The second-order valence-electron chi connectivity index (χ2n) is 5.59. The number of alkyl halides is 3. The van der Waals surface area contributed by atoms with Gasteiger partial charge in [-0.2, -0.15) is 13.2 Å². The molecule has 1 heterocycles. The highest BCUT2D eigenvalue weighted by atomic mass is 19.4. The highest BCUT2D eigenvalue weighted by Crippen LogP contribution is 2.48. The molecule has 7 heteroatoms. The molecule has 0 aromatic heterocycles. The quantitative estimate of drug-likeness (QED) is 0.839. The van der Waals surface area contributed by atoms with Crippen LogP contribution in [0.5, 0.6) is 0 Å². The lowest BCUT2D eigenvalue weighted by atomic mass is 10.1. The number of carbonyl (C=O) groups excluding carboxylic acids is 1. The predicted octanol–water partition coefficient (Wildman–Crippen LogP) is 2.04. The molecular weight excluding hydrogens is 288 g/mol. The SMILES string of the molecule is O=C(NCC1C2CNCC21)c1cc(F)cc(C(F)(F)F)c1. The van der Waals surface area contributed by atoms with E-state index < -0.39 is 23.5 Å². The third-order valence-corrected chi connectivity index (χ3v) is 4.25. The van der Waals surface area contributed by atoms with Crippen LogP contribution in [0.3, 0.4) is 0 Å². The van der Waals surface area contributed by atoms with Crippen LogP contribution in [-0.4, -0.2) is 25.5 Å². The van der Waals surface area contributed by atoms with E-state index in [1.165, 1.54) is 0 Å². The highest BCUT2D eigenvalue weighted by Gasteiger charge is 2.52. The Balaban J connectivity index is 1.65. The lowest BCUT2D eigenvalue weighted by molar-refractivity contribution is -0.137. The van der Waals surface area contributed by atoms with E-state index in [9.17, 15) is 22.4 Å². The van der Waals surface area contributed by atoms with Gasteiger partial charge in [0.15, 0.2) is 0 Å². The van der Waals surface area contributed by atoms with Crippen LogP contribution in [0.4, 0.5) is 17.6 Å². The van der Waals surface area contributed by atoms with Crippen molar-refractivity contribution in [3.63, 3.8) is 0 Å². The van der Waals surface area contributed by atoms with Gasteiger partial charge < -0.3 is 10.6 Å². The van der Waals surface area contributed by atoms with Crippen LogP contribution in [0, 0.1) is 23.6 Å². The van der Waals surface area contributed by atoms with E-state index in [2.05, 4.69) is 10.6 Å². The van der Waals surface area contributed by atoms with Crippen molar-refractivity contribution in [2.75, 3.05) is 19.6 Å². The first-order valence-electron chi connectivity index (χ1n) is 6.73. The number of fused-ring (bicyclic) bond motifs is 1. The molecule has 21 heavy (non-hydrogen) atoms. The fourth-order valence-electron chi connectivity index (χ4n) is 3.05. The molecule has 2 aliphatic rings. The van der Waals surface area contributed by atoms with Gasteiger partial charge in [-0.05, 0) is 49.0 Å². The van der Waals surface area contributed by atoms with E-state index in [1.807, 2.05) is 0 Å². The summed E-state index contributed by atoms with van der Waals surface area (Å²) in [4.78, 5) is 11.9. The Morgan fingerprint density at radius 3 is 2.52 bits per heavy atom. The minimum atomic E-state index is -4.67. The monoisotopic (exact) mass is 302 g/mol. The third kappa shape index (κ3) is 2.88. The van der Waals surface area contributed by atoms with Crippen LogP contribution in [0.15, 0.2) is 18.2 Å². The summed E-state index contributed by atoms with van der Waals surface area (Å²) in [5.41, 5.74) is -1.45. The summed E-state index contributed by atoms with van der Waals surface area (Å²) < 4.78 is 51.0. The van der Waals surface area contributed by atoms with E-state index in [0.717, 1.165) is 19.2 Å². The second-order valence-corrected chi connectivity index (χ2v) is 5.59. The zero-order valence-corrected chi connectivity index (χ0v) is 11.0. The number of hydrogen-bond acceptors (Lipinski definition) is 2. The van der Waals surface area contributed by atoms with Crippen LogP contribution in [-0.2, 0) is 6.18 Å². The van der Waals surface area contributed by atoms with Gasteiger partial charge in [0, 0.05) is 12.1 Å². The molecule has 0 spiro atoms. The van der Waals surface area contributed by atoms with Gasteiger partial charge in [0.05, 0.1) is 5.56 Å². The molecule has 1 aromatic carbocycles. The van der Waals surface area contributed by atoms with Gasteiger partial charge in [-0.25, -0.2) is 4.39 Å². The number of benzene rings is 1. The number of rotatable bonds is 3. The van der Waals surface area contributed by atoms with E-state index in [4.69, 9.17) is 0 Å². The summed E-state index contributed by atoms with van der Waals surface area (Å²) in [6.45, 7) is 2.26. The third-order valence-electron chi connectivity index (χ3n) is 4.25. The van der Waals surface area contributed by atoms with Crippen molar-refractivity contribution < 1.29 is 22.4 Å². The van der Waals surface area contributed by atoms with E-state index in [-0.39, 0.29) is 5.56 Å². The van der Waals surface area contributed by atoms with Crippen molar-refractivity contribution in [1.82, 2.24) is 10.6 Å². The average molecular weight is 302 g/mol. The predicted molar refractivity (Wildman–Crippen MR) is 67.1 cm³/mol. The van der Waals surface area contributed by atoms with Crippen molar-refractivity contribution in [1.29, 1.82) is 0 Å². The zero-order chi connectivity index (χ0) is 15.2. The van der Waals surface area contributed by atoms with E-state index in [1.54, 1.807) is 0 Å². The summed E-state index contributed by atoms with van der Waals surface area (Å²) in [5, 5.41) is 5.81. The largest absolute Gasteiger partial charge is 0.416 e. The topological polar surface area (TPSA) is 41.1 Å². The Kier molecular flexibility index (Phi) is 3.39. The maximum atomic E-state index is 13.2. The molecule has 114 valence electrons. The number of nitrogens with one attached hydrogen (secondary N) is 2. The Hall–Kier alpha value is -1.63. The Bertz CT molecular complexity index is 563. The minimum absolute atomic E-state index is 0.300. The average Bonchev–Trinajstić information content (AvgIpc) is 2.83. The fourth-order valence-corrected chi connectivity index (χ4v) is 3.05. The number of piperidine rings is 1. The number of halogens is 4. The lowest BCUT2D eigenvalue weighted by Gasteiger charge is -2.10. The maximum absolute atomic E-state index is 13.2. The van der Waals surface area contributed by atoms with Crippen LogP contribution < -0.4 is 10.6 Å². The van der Waals surface area contributed by atoms with Crippen molar-refractivity contribution in [2.45, 2.75) is 6.18 Å².